The van der Waals surface area contributed by atoms with Crippen LogP contribution in [-0.2, 0) is 11.2 Å². The number of carbonyl (C=O) groups is 1. The van der Waals surface area contributed by atoms with Gasteiger partial charge in [0.1, 0.15) is 11.7 Å². The van der Waals surface area contributed by atoms with Crippen molar-refractivity contribution in [3.05, 3.63) is 35.6 Å². The average Bonchev–Trinajstić information content (AvgIpc) is 2.26. The van der Waals surface area contributed by atoms with Crippen LogP contribution < -0.4 is 0 Å². The SMILES string of the molecule is CN(CCc1ccc(F)cc1)C(=O)CCl. The molecule has 0 unspecified atom stereocenters. The molecule has 0 atom stereocenters. The van der Waals surface area contributed by atoms with Crippen molar-refractivity contribution in [2.45, 2.75) is 6.42 Å². The maximum Gasteiger partial charge on any atom is 0.237 e. The van der Waals surface area contributed by atoms with Gasteiger partial charge in [0.2, 0.25) is 5.91 Å². The first-order valence-corrected chi connectivity index (χ1v) is 5.21. The number of hydrogen-bond donors (Lipinski definition) is 0. The van der Waals surface area contributed by atoms with Gasteiger partial charge in [-0.15, -0.1) is 11.6 Å². The molecule has 0 saturated carbocycles. The van der Waals surface area contributed by atoms with Crippen LogP contribution in [0.1, 0.15) is 5.56 Å². The molecule has 4 heteroatoms. The summed E-state index contributed by atoms with van der Waals surface area (Å²) in [4.78, 5) is 12.7. The highest BCUT2D eigenvalue weighted by molar-refractivity contribution is 6.27. The number of nitrogens with zero attached hydrogens (tertiary/aromatic N) is 1. The Labute approximate surface area is 93.6 Å². The van der Waals surface area contributed by atoms with Gasteiger partial charge in [0.05, 0.1) is 0 Å². The van der Waals surface area contributed by atoms with E-state index in [1.54, 1.807) is 24.1 Å². The summed E-state index contributed by atoms with van der Waals surface area (Å²) < 4.78 is 12.6. The van der Waals surface area contributed by atoms with Gasteiger partial charge in [0.25, 0.3) is 0 Å². The third kappa shape index (κ3) is 3.88. The van der Waals surface area contributed by atoms with E-state index in [1.165, 1.54) is 12.1 Å². The smallest absolute Gasteiger partial charge is 0.237 e. The minimum absolute atomic E-state index is 0.0000815. The minimum atomic E-state index is -0.246. The normalized spacial score (nSPS) is 10.1. The first-order chi connectivity index (χ1) is 7.13. The molecule has 1 amide bonds. The van der Waals surface area contributed by atoms with Crippen molar-refractivity contribution in [3.63, 3.8) is 0 Å². The average molecular weight is 230 g/mol. The molecule has 82 valence electrons. The van der Waals surface area contributed by atoms with Gasteiger partial charge in [-0.05, 0) is 24.1 Å². The Morgan fingerprint density at radius 1 is 1.40 bits per heavy atom. The van der Waals surface area contributed by atoms with Crippen molar-refractivity contribution in [2.24, 2.45) is 0 Å². The number of alkyl halides is 1. The lowest BCUT2D eigenvalue weighted by molar-refractivity contribution is -0.127. The second-order valence-electron chi connectivity index (χ2n) is 3.33. The number of amides is 1. The van der Waals surface area contributed by atoms with Crippen LogP contribution in [0.5, 0.6) is 0 Å². The van der Waals surface area contributed by atoms with Crippen molar-refractivity contribution < 1.29 is 9.18 Å². The van der Waals surface area contributed by atoms with Crippen LogP contribution in [0.15, 0.2) is 24.3 Å². The molecule has 15 heavy (non-hydrogen) atoms. The van der Waals surface area contributed by atoms with Crippen LogP contribution in [0, 0.1) is 5.82 Å². The van der Waals surface area contributed by atoms with E-state index in [-0.39, 0.29) is 17.6 Å². The highest BCUT2D eigenvalue weighted by Crippen LogP contribution is 2.04. The fourth-order valence-corrected chi connectivity index (χ4v) is 1.38. The van der Waals surface area contributed by atoms with E-state index >= 15 is 0 Å². The first kappa shape index (κ1) is 12.0. The lowest BCUT2D eigenvalue weighted by Gasteiger charge is -2.15. The molecule has 0 saturated heterocycles. The molecule has 0 aliphatic carbocycles. The summed E-state index contributed by atoms with van der Waals surface area (Å²) in [5.74, 6) is -0.345. The van der Waals surface area contributed by atoms with E-state index in [1.807, 2.05) is 0 Å². The minimum Gasteiger partial charge on any atom is -0.344 e. The first-order valence-electron chi connectivity index (χ1n) is 4.68. The lowest BCUT2D eigenvalue weighted by atomic mass is 10.1. The Hall–Kier alpha value is -1.09. The number of carbonyl (C=O) groups excluding carboxylic acids is 1. The Bertz CT molecular complexity index is 326. The molecule has 0 fully saturated rings. The Kier molecular flexibility index (Phi) is 4.56. The second kappa shape index (κ2) is 5.71. The molecule has 0 aromatic heterocycles. The highest BCUT2D eigenvalue weighted by atomic mass is 35.5. The summed E-state index contributed by atoms with van der Waals surface area (Å²) >= 11 is 5.41. The van der Waals surface area contributed by atoms with Gasteiger partial charge in [-0.25, -0.2) is 4.39 Å². The molecule has 0 bridgehead atoms. The van der Waals surface area contributed by atoms with Crippen LogP contribution in [-0.4, -0.2) is 30.3 Å². The number of likely N-dealkylation sites (N-methyl/N-ethyl adjacent to an activating group) is 1. The molecule has 0 aliphatic heterocycles. The maximum atomic E-state index is 12.6. The largest absolute Gasteiger partial charge is 0.344 e. The van der Waals surface area contributed by atoms with Gasteiger partial charge in [-0.1, -0.05) is 12.1 Å². The van der Waals surface area contributed by atoms with Crippen LogP contribution >= 0.6 is 11.6 Å². The Morgan fingerprint density at radius 2 is 2.00 bits per heavy atom. The van der Waals surface area contributed by atoms with Crippen molar-refractivity contribution in [1.29, 1.82) is 0 Å². The second-order valence-corrected chi connectivity index (χ2v) is 3.59. The third-order valence-electron chi connectivity index (χ3n) is 2.19. The van der Waals surface area contributed by atoms with E-state index in [4.69, 9.17) is 11.6 Å². The van der Waals surface area contributed by atoms with E-state index in [0.717, 1.165) is 5.56 Å². The standard InChI is InChI=1S/C11H13ClFNO/c1-14(11(15)8-12)7-6-9-2-4-10(13)5-3-9/h2-5H,6-8H2,1H3. The molecule has 0 N–H and O–H groups in total. The van der Waals surface area contributed by atoms with E-state index < -0.39 is 0 Å². The van der Waals surface area contributed by atoms with Gasteiger partial charge in [0.15, 0.2) is 0 Å². The molecule has 1 aromatic carbocycles. The summed E-state index contributed by atoms with van der Waals surface area (Å²) in [5, 5.41) is 0. The van der Waals surface area contributed by atoms with Crippen molar-refractivity contribution >= 4 is 17.5 Å². The highest BCUT2D eigenvalue weighted by Gasteiger charge is 2.06. The van der Waals surface area contributed by atoms with Gasteiger partial charge >= 0.3 is 0 Å². The monoisotopic (exact) mass is 229 g/mol. The Balaban J connectivity index is 2.43. The summed E-state index contributed by atoms with van der Waals surface area (Å²) in [5.41, 5.74) is 1.01. The number of rotatable bonds is 4. The summed E-state index contributed by atoms with van der Waals surface area (Å²) in [7, 11) is 1.70. The van der Waals surface area contributed by atoms with E-state index in [0.29, 0.717) is 13.0 Å². The molecular formula is C11H13ClFNO. The van der Waals surface area contributed by atoms with Gasteiger partial charge < -0.3 is 4.90 Å². The molecule has 0 heterocycles. The predicted molar refractivity (Wildman–Crippen MR) is 58.5 cm³/mol. The molecule has 0 aliphatic rings. The van der Waals surface area contributed by atoms with Crippen LogP contribution in [0.3, 0.4) is 0 Å². The zero-order valence-corrected chi connectivity index (χ0v) is 9.30. The number of hydrogen-bond acceptors (Lipinski definition) is 1. The van der Waals surface area contributed by atoms with Gasteiger partial charge in [0, 0.05) is 13.6 Å². The summed E-state index contributed by atoms with van der Waals surface area (Å²) in [6.07, 6.45) is 0.708. The molecule has 1 aromatic rings. The fraction of sp³-hybridized carbons (Fsp3) is 0.364. The molecule has 1 rings (SSSR count). The van der Waals surface area contributed by atoms with Gasteiger partial charge in [-0.3, -0.25) is 4.79 Å². The van der Waals surface area contributed by atoms with Crippen LogP contribution in [0.2, 0.25) is 0 Å². The molecular weight excluding hydrogens is 217 g/mol. The summed E-state index contributed by atoms with van der Waals surface area (Å²) in [6, 6.07) is 6.26. The summed E-state index contributed by atoms with van der Waals surface area (Å²) in [6.45, 7) is 0.594. The van der Waals surface area contributed by atoms with Crippen LogP contribution in [0.4, 0.5) is 4.39 Å². The van der Waals surface area contributed by atoms with E-state index in [2.05, 4.69) is 0 Å². The predicted octanol–water partition coefficient (Wildman–Crippen LogP) is 2.07. The number of benzene rings is 1. The third-order valence-corrected chi connectivity index (χ3v) is 2.42. The molecule has 0 spiro atoms. The van der Waals surface area contributed by atoms with Crippen molar-refractivity contribution in [2.75, 3.05) is 19.5 Å². The number of halogens is 2. The maximum absolute atomic E-state index is 12.6. The topological polar surface area (TPSA) is 20.3 Å². The quantitative estimate of drug-likeness (QED) is 0.724. The van der Waals surface area contributed by atoms with Crippen molar-refractivity contribution in [1.82, 2.24) is 4.90 Å². The fourth-order valence-electron chi connectivity index (χ4n) is 1.17. The van der Waals surface area contributed by atoms with E-state index in [9.17, 15) is 9.18 Å². The van der Waals surface area contributed by atoms with Crippen molar-refractivity contribution in [3.8, 4) is 0 Å². The zero-order chi connectivity index (χ0) is 11.3. The van der Waals surface area contributed by atoms with Gasteiger partial charge in [-0.2, -0.15) is 0 Å². The molecule has 0 radical (unpaired) electrons. The Morgan fingerprint density at radius 3 is 2.53 bits per heavy atom. The zero-order valence-electron chi connectivity index (χ0n) is 8.54. The molecule has 2 nitrogen and oxygen atoms in total. The van der Waals surface area contributed by atoms with Crippen LogP contribution in [0.25, 0.3) is 0 Å². The lowest BCUT2D eigenvalue weighted by Crippen LogP contribution is -2.29.